The Morgan fingerprint density at radius 1 is 1.32 bits per heavy atom. The van der Waals surface area contributed by atoms with Crippen LogP contribution in [0.5, 0.6) is 5.75 Å². The Morgan fingerprint density at radius 3 is 2.86 bits per heavy atom. The molecule has 0 radical (unpaired) electrons. The summed E-state index contributed by atoms with van der Waals surface area (Å²) in [6, 6.07) is 7.94. The number of hydrogen-bond acceptors (Lipinski definition) is 3. The lowest BCUT2D eigenvalue weighted by Gasteiger charge is -2.22. The molecule has 4 heteroatoms. The van der Waals surface area contributed by atoms with E-state index in [0.29, 0.717) is 13.0 Å². The molecule has 1 saturated heterocycles. The molecular formula is C18H26N2O2. The van der Waals surface area contributed by atoms with Crippen LogP contribution < -0.4 is 4.74 Å². The molecule has 1 heterocycles. The van der Waals surface area contributed by atoms with Gasteiger partial charge in [0.25, 0.3) is 0 Å². The summed E-state index contributed by atoms with van der Waals surface area (Å²) in [5.74, 6) is 1.08. The molecule has 1 amide bonds. The highest BCUT2D eigenvalue weighted by atomic mass is 16.5. The van der Waals surface area contributed by atoms with Gasteiger partial charge < -0.3 is 9.64 Å². The van der Waals surface area contributed by atoms with Gasteiger partial charge in [-0.2, -0.15) is 0 Å². The molecule has 1 aliphatic heterocycles. The third-order valence-electron chi connectivity index (χ3n) is 4.15. The average molecular weight is 302 g/mol. The van der Waals surface area contributed by atoms with Crippen molar-refractivity contribution in [2.45, 2.75) is 26.8 Å². The third kappa shape index (κ3) is 4.60. The zero-order valence-corrected chi connectivity index (χ0v) is 13.8. The van der Waals surface area contributed by atoms with E-state index in [0.717, 1.165) is 37.5 Å². The van der Waals surface area contributed by atoms with Gasteiger partial charge >= 0.3 is 0 Å². The monoisotopic (exact) mass is 302 g/mol. The van der Waals surface area contributed by atoms with Gasteiger partial charge in [-0.25, -0.2) is 0 Å². The smallest absolute Gasteiger partial charge is 0.224 e. The maximum Gasteiger partial charge on any atom is 0.224 e. The first kappa shape index (κ1) is 16.6. The van der Waals surface area contributed by atoms with Crippen LogP contribution in [0, 0.1) is 0 Å². The van der Waals surface area contributed by atoms with Crippen molar-refractivity contribution in [1.82, 2.24) is 9.80 Å². The Morgan fingerprint density at radius 2 is 2.14 bits per heavy atom. The van der Waals surface area contributed by atoms with Crippen molar-refractivity contribution in [1.29, 1.82) is 0 Å². The molecule has 4 nitrogen and oxygen atoms in total. The van der Waals surface area contributed by atoms with Crippen molar-refractivity contribution < 1.29 is 9.53 Å². The number of rotatable bonds is 5. The van der Waals surface area contributed by atoms with Crippen LogP contribution >= 0.6 is 0 Å². The number of benzene rings is 1. The number of ether oxygens (including phenoxy) is 1. The van der Waals surface area contributed by atoms with Crippen molar-refractivity contribution in [2.24, 2.45) is 0 Å². The van der Waals surface area contributed by atoms with Crippen LogP contribution in [0.1, 0.15) is 25.8 Å². The lowest BCUT2D eigenvalue weighted by Crippen LogP contribution is -2.33. The minimum Gasteiger partial charge on any atom is -0.497 e. The van der Waals surface area contributed by atoms with E-state index in [-0.39, 0.29) is 5.91 Å². The van der Waals surface area contributed by atoms with Gasteiger partial charge in [-0.05, 0) is 31.5 Å². The average Bonchev–Trinajstić information content (AvgIpc) is 2.71. The second-order valence-electron chi connectivity index (χ2n) is 5.83. The summed E-state index contributed by atoms with van der Waals surface area (Å²) in [6.07, 6.45) is 2.74. The largest absolute Gasteiger partial charge is 0.497 e. The number of allylic oxidation sites excluding steroid dienone is 1. The summed E-state index contributed by atoms with van der Waals surface area (Å²) >= 11 is 0. The maximum absolute atomic E-state index is 12.3. The molecule has 1 aliphatic rings. The first-order chi connectivity index (χ1) is 10.6. The predicted molar refractivity (Wildman–Crippen MR) is 88.9 cm³/mol. The second kappa shape index (κ2) is 7.99. The van der Waals surface area contributed by atoms with Crippen molar-refractivity contribution in [3.05, 3.63) is 41.5 Å². The number of amides is 1. The summed E-state index contributed by atoms with van der Waals surface area (Å²) in [6.45, 7) is 8.38. The van der Waals surface area contributed by atoms with Crippen LogP contribution in [0.4, 0.5) is 0 Å². The van der Waals surface area contributed by atoms with Crippen LogP contribution in [0.25, 0.3) is 0 Å². The van der Waals surface area contributed by atoms with Crippen LogP contribution in [0.15, 0.2) is 35.9 Å². The summed E-state index contributed by atoms with van der Waals surface area (Å²) < 4.78 is 5.25. The number of nitrogens with zero attached hydrogens (tertiary/aromatic N) is 2. The fraction of sp³-hybridized carbons (Fsp3) is 0.500. The Hall–Kier alpha value is -1.81. The van der Waals surface area contributed by atoms with Gasteiger partial charge in [-0.15, -0.1) is 0 Å². The van der Waals surface area contributed by atoms with E-state index >= 15 is 0 Å². The van der Waals surface area contributed by atoms with Crippen molar-refractivity contribution in [2.75, 3.05) is 33.3 Å². The zero-order chi connectivity index (χ0) is 15.9. The predicted octanol–water partition coefficient (Wildman–Crippen LogP) is 2.70. The standard InChI is InChI=1S/C18H26N2O2/c1-4-15(2)13-19-9-8-18(21)20(11-10-19)14-16-6-5-7-17(12-16)22-3/h4-7,12H,8-11,13-14H2,1-3H3/b15-4+. The summed E-state index contributed by atoms with van der Waals surface area (Å²) in [5, 5.41) is 0. The van der Waals surface area contributed by atoms with E-state index in [9.17, 15) is 4.79 Å². The van der Waals surface area contributed by atoms with Gasteiger partial charge in [0, 0.05) is 39.1 Å². The molecule has 0 bridgehead atoms. The molecule has 1 aromatic carbocycles. The highest BCUT2D eigenvalue weighted by molar-refractivity contribution is 5.76. The van der Waals surface area contributed by atoms with Crippen LogP contribution in [-0.2, 0) is 11.3 Å². The summed E-state index contributed by atoms with van der Waals surface area (Å²) in [5.41, 5.74) is 2.47. The maximum atomic E-state index is 12.3. The molecular weight excluding hydrogens is 276 g/mol. The molecule has 0 aromatic heterocycles. The third-order valence-corrected chi connectivity index (χ3v) is 4.15. The van der Waals surface area contributed by atoms with Gasteiger partial charge in [0.05, 0.1) is 7.11 Å². The quantitative estimate of drug-likeness (QED) is 0.784. The Kier molecular flexibility index (Phi) is 6.01. The van der Waals surface area contributed by atoms with Crippen molar-refractivity contribution >= 4 is 5.91 Å². The van der Waals surface area contributed by atoms with E-state index < -0.39 is 0 Å². The number of carbonyl (C=O) groups excluding carboxylic acids is 1. The minimum absolute atomic E-state index is 0.239. The minimum atomic E-state index is 0.239. The van der Waals surface area contributed by atoms with E-state index in [1.807, 2.05) is 29.2 Å². The van der Waals surface area contributed by atoms with Crippen LogP contribution in [0.2, 0.25) is 0 Å². The van der Waals surface area contributed by atoms with Crippen molar-refractivity contribution in [3.63, 3.8) is 0 Å². The molecule has 1 fully saturated rings. The lowest BCUT2D eigenvalue weighted by molar-refractivity contribution is -0.130. The number of hydrogen-bond donors (Lipinski definition) is 0. The lowest BCUT2D eigenvalue weighted by atomic mass is 10.2. The second-order valence-corrected chi connectivity index (χ2v) is 5.83. The first-order valence-electron chi connectivity index (χ1n) is 7.87. The molecule has 0 N–H and O–H groups in total. The van der Waals surface area contributed by atoms with Crippen molar-refractivity contribution in [3.8, 4) is 5.75 Å². The first-order valence-corrected chi connectivity index (χ1v) is 7.87. The van der Waals surface area contributed by atoms with E-state index in [1.165, 1.54) is 5.57 Å². The van der Waals surface area contributed by atoms with E-state index in [1.54, 1.807) is 7.11 Å². The van der Waals surface area contributed by atoms with Crippen LogP contribution in [-0.4, -0.2) is 49.0 Å². The molecule has 120 valence electrons. The Balaban J connectivity index is 1.98. The number of methoxy groups -OCH3 is 1. The SMILES string of the molecule is C/C=C(\C)CN1CCC(=O)N(Cc2cccc(OC)c2)CC1. The van der Waals surface area contributed by atoms with E-state index in [2.05, 4.69) is 24.8 Å². The Bertz CT molecular complexity index is 540. The topological polar surface area (TPSA) is 32.8 Å². The highest BCUT2D eigenvalue weighted by Gasteiger charge is 2.21. The zero-order valence-electron chi connectivity index (χ0n) is 13.8. The fourth-order valence-electron chi connectivity index (χ4n) is 2.67. The molecule has 0 atom stereocenters. The van der Waals surface area contributed by atoms with Gasteiger partial charge in [0.2, 0.25) is 5.91 Å². The Labute approximate surface area is 133 Å². The highest BCUT2D eigenvalue weighted by Crippen LogP contribution is 2.16. The normalized spacial score (nSPS) is 17.5. The van der Waals surface area contributed by atoms with Gasteiger partial charge in [-0.3, -0.25) is 9.69 Å². The molecule has 22 heavy (non-hydrogen) atoms. The van der Waals surface area contributed by atoms with Gasteiger partial charge in [0.15, 0.2) is 0 Å². The summed E-state index contributed by atoms with van der Waals surface area (Å²) in [4.78, 5) is 16.6. The van der Waals surface area contributed by atoms with Gasteiger partial charge in [0.1, 0.15) is 5.75 Å². The van der Waals surface area contributed by atoms with Crippen LogP contribution in [0.3, 0.4) is 0 Å². The van der Waals surface area contributed by atoms with E-state index in [4.69, 9.17) is 4.74 Å². The molecule has 0 saturated carbocycles. The molecule has 0 spiro atoms. The fourth-order valence-corrected chi connectivity index (χ4v) is 2.67. The van der Waals surface area contributed by atoms with Gasteiger partial charge in [-0.1, -0.05) is 23.8 Å². The summed E-state index contributed by atoms with van der Waals surface area (Å²) in [7, 11) is 1.66. The molecule has 0 aliphatic carbocycles. The molecule has 1 aromatic rings. The molecule has 2 rings (SSSR count). The molecule has 0 unspecified atom stereocenters. The number of carbonyl (C=O) groups is 1.